The minimum Gasteiger partial charge on any atom is -0.336 e. The van der Waals surface area contributed by atoms with Crippen LogP contribution in [0.15, 0.2) is 6.33 Å². The summed E-state index contributed by atoms with van der Waals surface area (Å²) in [5, 5.41) is 0. The van der Waals surface area contributed by atoms with Crippen molar-refractivity contribution in [2.24, 2.45) is 7.05 Å². The number of aryl methyl sites for hydroxylation is 2. The Kier molecular flexibility index (Phi) is 3.69. The summed E-state index contributed by atoms with van der Waals surface area (Å²) in [6, 6.07) is 0.396. The molecule has 0 bridgehead atoms. The molecule has 0 N–H and O–H groups in total. The summed E-state index contributed by atoms with van der Waals surface area (Å²) < 4.78 is 1.73. The Morgan fingerprint density at radius 3 is 2.57 bits per heavy atom. The first-order valence-electron chi connectivity index (χ1n) is 7.64. The lowest BCUT2D eigenvalue weighted by Crippen LogP contribution is -2.55. The third kappa shape index (κ3) is 2.54. The normalized spacial score (nSPS) is 20.4. The van der Waals surface area contributed by atoms with Crippen molar-refractivity contribution in [1.82, 2.24) is 19.4 Å². The Hall–Kier alpha value is -1.85. The quantitative estimate of drug-likeness (QED) is 0.815. The molecule has 0 radical (unpaired) electrons. The van der Waals surface area contributed by atoms with Crippen molar-refractivity contribution < 1.29 is 9.59 Å². The molecular formula is C15H22N4O2. The van der Waals surface area contributed by atoms with Crippen LogP contribution in [0.4, 0.5) is 0 Å². The second kappa shape index (κ2) is 5.50. The van der Waals surface area contributed by atoms with Crippen molar-refractivity contribution in [1.29, 1.82) is 0 Å². The Morgan fingerprint density at radius 2 is 2.00 bits per heavy atom. The van der Waals surface area contributed by atoms with Crippen LogP contribution in [-0.4, -0.2) is 56.8 Å². The van der Waals surface area contributed by atoms with Gasteiger partial charge in [-0.2, -0.15) is 0 Å². The highest BCUT2D eigenvalue weighted by Gasteiger charge is 2.34. The van der Waals surface area contributed by atoms with Gasteiger partial charge in [-0.15, -0.1) is 0 Å². The van der Waals surface area contributed by atoms with E-state index in [1.165, 1.54) is 12.8 Å². The van der Waals surface area contributed by atoms with Gasteiger partial charge in [0.25, 0.3) is 5.91 Å². The average Bonchev–Trinajstić information content (AvgIpc) is 3.09. The number of rotatable bonds is 2. The van der Waals surface area contributed by atoms with Crippen molar-refractivity contribution in [3.8, 4) is 0 Å². The fourth-order valence-corrected chi connectivity index (χ4v) is 3.46. The smallest absolute Gasteiger partial charge is 0.272 e. The van der Waals surface area contributed by atoms with Crippen LogP contribution < -0.4 is 0 Å². The van der Waals surface area contributed by atoms with Crippen molar-refractivity contribution in [2.45, 2.75) is 38.6 Å². The second-order valence-corrected chi connectivity index (χ2v) is 6.04. The van der Waals surface area contributed by atoms with Gasteiger partial charge in [-0.05, 0) is 19.8 Å². The first kappa shape index (κ1) is 14.1. The third-order valence-electron chi connectivity index (χ3n) is 4.63. The Bertz CT molecular complexity index is 541. The van der Waals surface area contributed by atoms with Crippen molar-refractivity contribution in [3.05, 3.63) is 17.7 Å². The predicted molar refractivity (Wildman–Crippen MR) is 77.8 cm³/mol. The van der Waals surface area contributed by atoms with Crippen LogP contribution in [0.2, 0.25) is 0 Å². The number of carbonyl (C=O) groups excluding carboxylic acids is 2. The topological polar surface area (TPSA) is 58.4 Å². The summed E-state index contributed by atoms with van der Waals surface area (Å²) in [5.41, 5.74) is 1.30. The maximum absolute atomic E-state index is 12.6. The fraction of sp³-hybridized carbons (Fsp3) is 0.667. The molecule has 1 aliphatic carbocycles. The maximum atomic E-state index is 12.6. The fourth-order valence-electron chi connectivity index (χ4n) is 3.46. The zero-order valence-electron chi connectivity index (χ0n) is 12.7. The number of imidazole rings is 1. The van der Waals surface area contributed by atoms with Gasteiger partial charge in [-0.1, -0.05) is 12.8 Å². The van der Waals surface area contributed by atoms with E-state index in [0.29, 0.717) is 30.5 Å². The number of hydrogen-bond donors (Lipinski definition) is 0. The molecule has 6 nitrogen and oxygen atoms in total. The van der Waals surface area contributed by atoms with Gasteiger partial charge in [0.2, 0.25) is 5.91 Å². The lowest BCUT2D eigenvalue weighted by atomic mass is 10.1. The van der Waals surface area contributed by atoms with Gasteiger partial charge in [0.05, 0.1) is 12.0 Å². The largest absolute Gasteiger partial charge is 0.336 e. The maximum Gasteiger partial charge on any atom is 0.272 e. The van der Waals surface area contributed by atoms with Crippen LogP contribution >= 0.6 is 0 Å². The molecule has 0 spiro atoms. The van der Waals surface area contributed by atoms with E-state index in [2.05, 4.69) is 4.98 Å². The molecule has 3 rings (SSSR count). The van der Waals surface area contributed by atoms with Crippen LogP contribution in [0.5, 0.6) is 0 Å². The molecular weight excluding hydrogens is 268 g/mol. The van der Waals surface area contributed by atoms with Gasteiger partial charge < -0.3 is 14.4 Å². The standard InChI is InChI=1S/C15H22N4O2/c1-11-14(17(2)10-16-11)15(21)18-7-8-19(13(20)9-18)12-5-3-4-6-12/h10,12H,3-9H2,1-2H3. The molecule has 2 amide bonds. The van der Waals surface area contributed by atoms with Gasteiger partial charge in [0.1, 0.15) is 12.2 Å². The minimum absolute atomic E-state index is 0.0846. The Morgan fingerprint density at radius 1 is 1.29 bits per heavy atom. The molecule has 0 aromatic carbocycles. The van der Waals surface area contributed by atoms with Gasteiger partial charge in [-0.25, -0.2) is 4.98 Å². The van der Waals surface area contributed by atoms with E-state index >= 15 is 0 Å². The third-order valence-corrected chi connectivity index (χ3v) is 4.63. The number of hydrogen-bond acceptors (Lipinski definition) is 3. The molecule has 114 valence electrons. The Balaban J connectivity index is 1.69. The summed E-state index contributed by atoms with van der Waals surface area (Å²) in [4.78, 5) is 32.7. The summed E-state index contributed by atoms with van der Waals surface area (Å²) in [6.45, 7) is 3.29. The summed E-state index contributed by atoms with van der Waals surface area (Å²) >= 11 is 0. The highest BCUT2D eigenvalue weighted by molar-refractivity contribution is 5.96. The molecule has 1 saturated heterocycles. The average molecular weight is 290 g/mol. The predicted octanol–water partition coefficient (Wildman–Crippen LogP) is 0.956. The molecule has 1 saturated carbocycles. The zero-order valence-corrected chi connectivity index (χ0v) is 12.7. The van der Waals surface area contributed by atoms with Gasteiger partial charge in [0.15, 0.2) is 0 Å². The molecule has 2 fully saturated rings. The first-order chi connectivity index (χ1) is 10.1. The van der Waals surface area contributed by atoms with Gasteiger partial charge >= 0.3 is 0 Å². The number of carbonyl (C=O) groups is 2. The zero-order chi connectivity index (χ0) is 15.0. The van der Waals surface area contributed by atoms with Gasteiger partial charge in [0, 0.05) is 26.2 Å². The highest BCUT2D eigenvalue weighted by Crippen LogP contribution is 2.25. The summed E-state index contributed by atoms with van der Waals surface area (Å²) in [5.74, 6) is -0.00626. The molecule has 1 aromatic heterocycles. The van der Waals surface area contributed by atoms with Crippen LogP contribution in [0.3, 0.4) is 0 Å². The van der Waals surface area contributed by atoms with E-state index in [1.54, 1.807) is 15.8 Å². The lowest BCUT2D eigenvalue weighted by Gasteiger charge is -2.37. The van der Waals surface area contributed by atoms with Crippen LogP contribution in [0.1, 0.15) is 41.9 Å². The van der Waals surface area contributed by atoms with Crippen molar-refractivity contribution in [2.75, 3.05) is 19.6 Å². The van der Waals surface area contributed by atoms with Crippen LogP contribution in [0, 0.1) is 6.92 Å². The number of nitrogens with zero attached hydrogens (tertiary/aromatic N) is 4. The molecule has 0 unspecified atom stereocenters. The summed E-state index contributed by atoms with van der Waals surface area (Å²) in [7, 11) is 1.81. The summed E-state index contributed by atoms with van der Waals surface area (Å²) in [6.07, 6.45) is 6.29. The monoisotopic (exact) mass is 290 g/mol. The molecule has 2 aliphatic rings. The molecule has 1 aliphatic heterocycles. The van der Waals surface area contributed by atoms with E-state index in [4.69, 9.17) is 0 Å². The molecule has 6 heteroatoms. The Labute approximate surface area is 124 Å². The lowest BCUT2D eigenvalue weighted by molar-refractivity contribution is -0.137. The van der Waals surface area contributed by atoms with E-state index in [9.17, 15) is 9.59 Å². The minimum atomic E-state index is -0.0908. The molecule has 1 aromatic rings. The van der Waals surface area contributed by atoms with Crippen LogP contribution in [-0.2, 0) is 11.8 Å². The van der Waals surface area contributed by atoms with E-state index in [0.717, 1.165) is 12.8 Å². The second-order valence-electron chi connectivity index (χ2n) is 6.04. The van der Waals surface area contributed by atoms with E-state index in [1.807, 2.05) is 18.9 Å². The van der Waals surface area contributed by atoms with Crippen molar-refractivity contribution in [3.63, 3.8) is 0 Å². The first-order valence-corrected chi connectivity index (χ1v) is 7.64. The number of aromatic nitrogens is 2. The number of amides is 2. The van der Waals surface area contributed by atoms with E-state index in [-0.39, 0.29) is 18.4 Å². The van der Waals surface area contributed by atoms with Crippen molar-refractivity contribution >= 4 is 11.8 Å². The van der Waals surface area contributed by atoms with Gasteiger partial charge in [-0.3, -0.25) is 9.59 Å². The number of piperazine rings is 1. The highest BCUT2D eigenvalue weighted by atomic mass is 16.2. The SMILES string of the molecule is Cc1ncn(C)c1C(=O)N1CCN(C2CCCC2)C(=O)C1. The molecule has 2 heterocycles. The molecule has 0 atom stereocenters. The van der Waals surface area contributed by atoms with E-state index < -0.39 is 0 Å². The molecule has 21 heavy (non-hydrogen) atoms. The van der Waals surface area contributed by atoms with Crippen LogP contribution in [0.25, 0.3) is 0 Å².